The summed E-state index contributed by atoms with van der Waals surface area (Å²) in [6, 6.07) is 15.9. The molecule has 6 heteroatoms. The van der Waals surface area contributed by atoms with Crippen molar-refractivity contribution in [3.63, 3.8) is 0 Å². The van der Waals surface area contributed by atoms with Gasteiger partial charge in [0.05, 0.1) is 12.2 Å². The van der Waals surface area contributed by atoms with E-state index >= 15 is 0 Å². The summed E-state index contributed by atoms with van der Waals surface area (Å²) in [6.07, 6.45) is 6.41. The van der Waals surface area contributed by atoms with E-state index < -0.39 is 0 Å². The molecule has 1 aliphatic heterocycles. The van der Waals surface area contributed by atoms with Crippen LogP contribution in [0.3, 0.4) is 0 Å². The number of aliphatic imine (C=N–C) groups is 1. The minimum atomic E-state index is 0.234. The lowest BCUT2D eigenvalue weighted by Gasteiger charge is -2.20. The van der Waals surface area contributed by atoms with Crippen LogP contribution < -0.4 is 21.1 Å². The van der Waals surface area contributed by atoms with Gasteiger partial charge in [-0.15, -0.1) is 0 Å². The Morgan fingerprint density at radius 1 is 1.14 bits per heavy atom. The fourth-order valence-electron chi connectivity index (χ4n) is 3.12. The van der Waals surface area contributed by atoms with E-state index in [0.717, 1.165) is 45.8 Å². The first-order valence-electron chi connectivity index (χ1n) is 9.35. The highest BCUT2D eigenvalue weighted by atomic mass is 16.5. The highest BCUT2D eigenvalue weighted by Gasteiger charge is 2.10. The highest BCUT2D eigenvalue weighted by molar-refractivity contribution is 5.96. The molecular formula is C22H23N5O. The lowest BCUT2D eigenvalue weighted by molar-refractivity contribution is 0.310. The number of nitrogens with two attached hydrogens (primary N) is 1. The molecule has 0 radical (unpaired) electrons. The van der Waals surface area contributed by atoms with Crippen molar-refractivity contribution in [2.45, 2.75) is 26.0 Å². The lowest BCUT2D eigenvalue weighted by Crippen LogP contribution is -2.34. The number of ether oxygens (including phenoxy) is 1. The first-order valence-corrected chi connectivity index (χ1v) is 9.35. The Morgan fingerprint density at radius 3 is 2.86 bits per heavy atom. The Kier molecular flexibility index (Phi) is 5.10. The second kappa shape index (κ2) is 8.00. The van der Waals surface area contributed by atoms with E-state index in [1.807, 2.05) is 54.7 Å². The zero-order chi connectivity index (χ0) is 19.3. The zero-order valence-corrected chi connectivity index (χ0v) is 15.7. The quantitative estimate of drug-likeness (QED) is 0.568. The Balaban J connectivity index is 1.47. The molecule has 0 saturated heterocycles. The average molecular weight is 373 g/mol. The predicted molar refractivity (Wildman–Crippen MR) is 114 cm³/mol. The monoisotopic (exact) mass is 373 g/mol. The van der Waals surface area contributed by atoms with Gasteiger partial charge in [0.1, 0.15) is 24.0 Å². The number of nitrogens with zero attached hydrogens (tertiary/aromatic N) is 2. The van der Waals surface area contributed by atoms with Crippen LogP contribution in [0, 0.1) is 0 Å². The molecule has 2 aromatic carbocycles. The van der Waals surface area contributed by atoms with Crippen LogP contribution in [0.5, 0.6) is 5.75 Å². The Morgan fingerprint density at radius 2 is 2.00 bits per heavy atom. The van der Waals surface area contributed by atoms with E-state index in [1.165, 1.54) is 0 Å². The van der Waals surface area contributed by atoms with Crippen LogP contribution >= 0.6 is 0 Å². The number of fused-ring (bicyclic) bond motifs is 1. The first-order chi connectivity index (χ1) is 13.7. The summed E-state index contributed by atoms with van der Waals surface area (Å²) in [5.74, 6) is 2.39. The number of hydrogen-bond acceptors (Lipinski definition) is 6. The van der Waals surface area contributed by atoms with Crippen molar-refractivity contribution in [1.29, 1.82) is 0 Å². The fraction of sp³-hybridized carbons (Fsp3) is 0.182. The normalized spacial score (nSPS) is 15.8. The molecule has 3 aromatic rings. The molecule has 0 bridgehead atoms. The van der Waals surface area contributed by atoms with Crippen LogP contribution in [0.1, 0.15) is 18.9 Å². The molecular weight excluding hydrogens is 350 g/mol. The molecule has 6 nitrogen and oxygen atoms in total. The molecule has 1 aliphatic rings. The number of hydrogen-bond donors (Lipinski definition) is 3. The largest absolute Gasteiger partial charge is 0.488 e. The van der Waals surface area contributed by atoms with Crippen LogP contribution in [0.4, 0.5) is 11.5 Å². The van der Waals surface area contributed by atoms with Gasteiger partial charge >= 0.3 is 0 Å². The van der Waals surface area contributed by atoms with Gasteiger partial charge < -0.3 is 21.1 Å². The molecule has 1 atom stereocenters. The van der Waals surface area contributed by atoms with Crippen molar-refractivity contribution in [1.82, 2.24) is 10.3 Å². The molecule has 4 rings (SSSR count). The second-order valence-corrected chi connectivity index (χ2v) is 6.66. The summed E-state index contributed by atoms with van der Waals surface area (Å²) in [5.41, 5.74) is 7.84. The number of benzene rings is 2. The molecule has 2 heterocycles. The number of nitrogens with one attached hydrogen (secondary N) is 2. The van der Waals surface area contributed by atoms with Crippen molar-refractivity contribution in [3.05, 3.63) is 72.3 Å². The molecule has 0 aliphatic carbocycles. The number of pyridine rings is 1. The predicted octanol–water partition coefficient (Wildman–Crippen LogP) is 4.06. The van der Waals surface area contributed by atoms with Crippen molar-refractivity contribution >= 4 is 28.5 Å². The summed E-state index contributed by atoms with van der Waals surface area (Å²) < 4.78 is 6.07. The van der Waals surface area contributed by atoms with Crippen LogP contribution in [-0.2, 0) is 6.61 Å². The third-order valence-electron chi connectivity index (χ3n) is 4.65. The fourth-order valence-corrected chi connectivity index (χ4v) is 3.12. The molecule has 1 unspecified atom stereocenters. The van der Waals surface area contributed by atoms with E-state index in [-0.39, 0.29) is 6.04 Å². The Bertz CT molecular complexity index is 1040. The number of rotatable bonds is 6. The van der Waals surface area contributed by atoms with E-state index in [1.54, 1.807) is 12.4 Å². The van der Waals surface area contributed by atoms with Crippen LogP contribution in [-0.4, -0.2) is 17.2 Å². The number of anilines is 2. The summed E-state index contributed by atoms with van der Waals surface area (Å²) >= 11 is 0. The van der Waals surface area contributed by atoms with Gasteiger partial charge in [-0.2, -0.15) is 0 Å². The van der Waals surface area contributed by atoms with Gasteiger partial charge in [-0.05, 0) is 36.2 Å². The Hall–Kier alpha value is -3.54. The van der Waals surface area contributed by atoms with E-state index in [9.17, 15) is 0 Å². The molecule has 0 spiro atoms. The third-order valence-corrected chi connectivity index (χ3v) is 4.65. The lowest BCUT2D eigenvalue weighted by atomic mass is 10.1. The summed E-state index contributed by atoms with van der Waals surface area (Å²) in [6.45, 7) is 2.55. The SMILES string of the molecule is CCC1C=NC=C(Nc2cc(COc3ccc(N)c4ccccc34)ccn2)N1. The zero-order valence-electron chi connectivity index (χ0n) is 15.7. The molecule has 28 heavy (non-hydrogen) atoms. The topological polar surface area (TPSA) is 84.6 Å². The van der Waals surface area contributed by atoms with Crippen molar-refractivity contribution in [2.75, 3.05) is 11.1 Å². The molecule has 1 aromatic heterocycles. The van der Waals surface area contributed by atoms with Crippen LogP contribution in [0.15, 0.2) is 71.7 Å². The summed E-state index contributed by atoms with van der Waals surface area (Å²) in [7, 11) is 0. The maximum Gasteiger partial charge on any atom is 0.131 e. The van der Waals surface area contributed by atoms with E-state index in [2.05, 4.69) is 27.5 Å². The molecule has 0 saturated carbocycles. The van der Waals surface area contributed by atoms with Gasteiger partial charge in [0, 0.05) is 28.9 Å². The van der Waals surface area contributed by atoms with Gasteiger partial charge in [-0.1, -0.05) is 31.2 Å². The number of aromatic nitrogens is 1. The molecule has 0 fully saturated rings. The average Bonchev–Trinajstić information content (AvgIpc) is 2.74. The maximum absolute atomic E-state index is 6.07. The minimum absolute atomic E-state index is 0.234. The smallest absolute Gasteiger partial charge is 0.131 e. The third kappa shape index (κ3) is 3.91. The number of nitrogen functional groups attached to an aromatic ring is 1. The highest BCUT2D eigenvalue weighted by Crippen LogP contribution is 2.30. The molecule has 0 amide bonds. The standard InChI is InChI=1S/C22H23N5O/c1-2-16-12-24-13-22(26-16)27-21-11-15(9-10-25-21)14-28-20-8-7-19(23)17-5-3-4-6-18(17)20/h3-13,16,26H,2,14,23H2,1H3,(H,25,27). The van der Waals surface area contributed by atoms with Gasteiger partial charge in [0.25, 0.3) is 0 Å². The second-order valence-electron chi connectivity index (χ2n) is 6.66. The van der Waals surface area contributed by atoms with E-state index in [4.69, 9.17) is 10.5 Å². The van der Waals surface area contributed by atoms with Crippen LogP contribution in [0.2, 0.25) is 0 Å². The maximum atomic E-state index is 6.07. The van der Waals surface area contributed by atoms with Crippen molar-refractivity contribution in [2.24, 2.45) is 4.99 Å². The van der Waals surface area contributed by atoms with Gasteiger partial charge in [0.2, 0.25) is 0 Å². The minimum Gasteiger partial charge on any atom is -0.488 e. The van der Waals surface area contributed by atoms with Gasteiger partial charge in [-0.3, -0.25) is 4.99 Å². The van der Waals surface area contributed by atoms with Crippen molar-refractivity contribution in [3.8, 4) is 5.75 Å². The van der Waals surface area contributed by atoms with Crippen molar-refractivity contribution < 1.29 is 4.74 Å². The summed E-state index contributed by atoms with van der Waals surface area (Å²) in [5, 5.41) is 8.65. The van der Waals surface area contributed by atoms with Crippen LogP contribution in [0.25, 0.3) is 10.8 Å². The van der Waals surface area contributed by atoms with E-state index in [0.29, 0.717) is 6.61 Å². The first kappa shape index (κ1) is 17.9. The van der Waals surface area contributed by atoms with Gasteiger partial charge in [0.15, 0.2) is 0 Å². The van der Waals surface area contributed by atoms with Gasteiger partial charge in [-0.25, -0.2) is 4.98 Å². The Labute approximate surface area is 164 Å². The summed E-state index contributed by atoms with van der Waals surface area (Å²) in [4.78, 5) is 8.65. The molecule has 142 valence electrons. The molecule has 4 N–H and O–H groups in total.